The summed E-state index contributed by atoms with van der Waals surface area (Å²) in [7, 11) is -3.78. The van der Waals surface area contributed by atoms with E-state index in [1.807, 2.05) is 11.0 Å². The third kappa shape index (κ3) is 4.87. The van der Waals surface area contributed by atoms with E-state index in [0.29, 0.717) is 30.1 Å². The van der Waals surface area contributed by atoms with E-state index in [-0.39, 0.29) is 35.0 Å². The highest BCUT2D eigenvalue weighted by Crippen LogP contribution is 2.40. The van der Waals surface area contributed by atoms with Gasteiger partial charge < -0.3 is 14.7 Å². The van der Waals surface area contributed by atoms with Crippen molar-refractivity contribution in [3.63, 3.8) is 0 Å². The average molecular weight is 558 g/mol. The molecule has 1 aliphatic carbocycles. The minimum Gasteiger partial charge on any atom is -0.380 e. The number of aliphatic hydroxyl groups is 1. The van der Waals surface area contributed by atoms with Crippen LogP contribution in [0.2, 0.25) is 0 Å². The van der Waals surface area contributed by atoms with Crippen molar-refractivity contribution in [3.05, 3.63) is 53.0 Å². The van der Waals surface area contributed by atoms with Crippen LogP contribution in [0.3, 0.4) is 0 Å². The van der Waals surface area contributed by atoms with Crippen LogP contribution in [0.4, 0.5) is 18.9 Å². The van der Waals surface area contributed by atoms with Gasteiger partial charge in [0.15, 0.2) is 5.60 Å². The van der Waals surface area contributed by atoms with Crippen molar-refractivity contribution in [1.29, 1.82) is 0 Å². The van der Waals surface area contributed by atoms with E-state index in [2.05, 4.69) is 4.90 Å². The lowest BCUT2D eigenvalue weighted by Crippen LogP contribution is -2.69. The van der Waals surface area contributed by atoms with E-state index in [0.717, 1.165) is 33.2 Å². The first-order valence-corrected chi connectivity index (χ1v) is 14.0. The summed E-state index contributed by atoms with van der Waals surface area (Å²) in [5.74, 6) is 0. The van der Waals surface area contributed by atoms with Crippen molar-refractivity contribution >= 4 is 32.8 Å². The van der Waals surface area contributed by atoms with Crippen LogP contribution in [0, 0.1) is 5.41 Å². The largest absolute Gasteiger partial charge is 0.421 e. The molecule has 3 saturated heterocycles. The summed E-state index contributed by atoms with van der Waals surface area (Å²) in [4.78, 5) is 4.87. The molecule has 5 rings (SSSR count). The number of benzene rings is 1. The Morgan fingerprint density at radius 2 is 1.84 bits per heavy atom. The van der Waals surface area contributed by atoms with E-state index in [4.69, 9.17) is 17.0 Å². The summed E-state index contributed by atoms with van der Waals surface area (Å²) < 4.78 is 73.7. The van der Waals surface area contributed by atoms with Crippen molar-refractivity contribution < 1.29 is 31.4 Å². The SMILES string of the molecule is CC(O)(c1ccc(N2CCN(S(=O)(=O)C3=CC=CCC3=S)C[C@@H]2CN2CC3(COC3)C2)cc1)C(F)(F)F. The predicted molar refractivity (Wildman–Crippen MR) is 138 cm³/mol. The van der Waals surface area contributed by atoms with Gasteiger partial charge in [-0.3, -0.25) is 4.90 Å². The summed E-state index contributed by atoms with van der Waals surface area (Å²) in [5, 5.41) is 10.0. The highest BCUT2D eigenvalue weighted by Gasteiger charge is 2.52. The molecule has 3 aliphatic heterocycles. The van der Waals surface area contributed by atoms with Crippen LogP contribution in [-0.4, -0.2) is 92.3 Å². The van der Waals surface area contributed by atoms with Gasteiger partial charge in [-0.25, -0.2) is 8.42 Å². The second kappa shape index (κ2) is 9.42. The number of piperazine rings is 1. The molecule has 0 amide bonds. The van der Waals surface area contributed by atoms with E-state index in [1.165, 1.54) is 16.4 Å². The Kier molecular flexibility index (Phi) is 6.82. The highest BCUT2D eigenvalue weighted by atomic mass is 32.2. The molecule has 0 aromatic heterocycles. The van der Waals surface area contributed by atoms with Crippen LogP contribution in [0.15, 0.2) is 47.4 Å². The Labute approximate surface area is 220 Å². The Morgan fingerprint density at radius 3 is 2.41 bits per heavy atom. The predicted octanol–water partition coefficient (Wildman–Crippen LogP) is 2.82. The minimum atomic E-state index is -4.81. The third-order valence-corrected chi connectivity index (χ3v) is 10.2. The maximum atomic E-state index is 13.5. The fourth-order valence-electron chi connectivity index (χ4n) is 5.48. The van der Waals surface area contributed by atoms with E-state index < -0.39 is 21.8 Å². The quantitative estimate of drug-likeness (QED) is 0.540. The van der Waals surface area contributed by atoms with Gasteiger partial charge in [0.05, 0.1) is 24.2 Å². The molecule has 0 bridgehead atoms. The van der Waals surface area contributed by atoms with Crippen LogP contribution >= 0.6 is 12.2 Å². The summed E-state index contributed by atoms with van der Waals surface area (Å²) in [6, 6.07) is 5.47. The standard InChI is InChI=1S/C25H30F3N3O4S2/c1-23(32,25(26,27)28)18-6-8-19(9-7-18)31-11-10-30(37(33,34)22-5-3-2-4-21(22)36)13-20(31)12-29-14-24(15-29)16-35-17-24/h2-3,5-9,20,32H,4,10-17H2,1H3/t20-,23?/m0/s1. The van der Waals surface area contributed by atoms with Crippen LogP contribution in [0.1, 0.15) is 18.9 Å². The number of nitrogens with zero attached hydrogens (tertiary/aromatic N) is 3. The number of hydrogen-bond acceptors (Lipinski definition) is 7. The van der Waals surface area contributed by atoms with E-state index in [9.17, 15) is 26.7 Å². The Morgan fingerprint density at radius 1 is 1.16 bits per heavy atom. The number of ether oxygens (including phenoxy) is 1. The molecule has 1 aromatic rings. The summed E-state index contributed by atoms with van der Waals surface area (Å²) in [6.45, 7) is 5.38. The van der Waals surface area contributed by atoms with Crippen LogP contribution in [0.5, 0.6) is 0 Å². The van der Waals surface area contributed by atoms with Gasteiger partial charge in [0.1, 0.15) is 0 Å². The summed E-state index contributed by atoms with van der Waals surface area (Å²) >= 11 is 5.33. The molecule has 2 atom stereocenters. The molecule has 3 heterocycles. The van der Waals surface area contributed by atoms with Crippen LogP contribution in [-0.2, 0) is 20.4 Å². The van der Waals surface area contributed by atoms with Gasteiger partial charge in [-0.05, 0) is 30.7 Å². The van der Waals surface area contributed by atoms with Gasteiger partial charge in [0.2, 0.25) is 10.0 Å². The second-order valence-corrected chi connectivity index (χ2v) is 13.0. The van der Waals surface area contributed by atoms with E-state index >= 15 is 0 Å². The molecule has 4 aliphatic rings. The lowest BCUT2D eigenvalue weighted by Gasteiger charge is -2.57. The Bertz CT molecular complexity index is 1220. The van der Waals surface area contributed by atoms with Gasteiger partial charge in [-0.15, -0.1) is 0 Å². The maximum absolute atomic E-state index is 13.5. The van der Waals surface area contributed by atoms with Crippen LogP contribution < -0.4 is 4.90 Å². The number of halogens is 3. The topological polar surface area (TPSA) is 73.3 Å². The number of anilines is 1. The van der Waals surface area contributed by atoms with Crippen molar-refractivity contribution in [2.75, 3.05) is 57.4 Å². The lowest BCUT2D eigenvalue weighted by molar-refractivity contribution is -0.258. The smallest absolute Gasteiger partial charge is 0.380 e. The zero-order valence-electron chi connectivity index (χ0n) is 20.4. The molecule has 1 N–H and O–H groups in total. The normalized spacial score (nSPS) is 26.4. The van der Waals surface area contributed by atoms with Gasteiger partial charge >= 0.3 is 6.18 Å². The van der Waals surface area contributed by atoms with Crippen molar-refractivity contribution in [2.45, 2.75) is 31.2 Å². The number of allylic oxidation sites excluding steroid dienone is 4. The molecule has 0 saturated carbocycles. The van der Waals surface area contributed by atoms with Gasteiger partial charge in [0, 0.05) is 61.7 Å². The molecule has 1 spiro atoms. The Hall–Kier alpha value is -1.83. The fourth-order valence-corrected chi connectivity index (χ4v) is 7.55. The molecule has 1 aromatic carbocycles. The molecule has 202 valence electrons. The van der Waals surface area contributed by atoms with Gasteiger partial charge in [0.25, 0.3) is 0 Å². The lowest BCUT2D eigenvalue weighted by atomic mass is 9.78. The molecule has 3 fully saturated rings. The summed E-state index contributed by atoms with van der Waals surface area (Å²) in [5.41, 5.74) is -2.33. The highest BCUT2D eigenvalue weighted by molar-refractivity contribution is 7.96. The molecule has 1 unspecified atom stereocenters. The third-order valence-electron chi connectivity index (χ3n) is 7.74. The van der Waals surface area contributed by atoms with Crippen molar-refractivity contribution in [2.24, 2.45) is 5.41 Å². The first-order chi connectivity index (χ1) is 17.3. The van der Waals surface area contributed by atoms with E-state index in [1.54, 1.807) is 24.3 Å². The van der Waals surface area contributed by atoms with Gasteiger partial charge in [-0.1, -0.05) is 36.5 Å². The Balaban J connectivity index is 1.37. The second-order valence-electron chi connectivity index (χ2n) is 10.6. The van der Waals surface area contributed by atoms with Crippen molar-refractivity contribution in [3.8, 4) is 0 Å². The van der Waals surface area contributed by atoms with Crippen molar-refractivity contribution in [1.82, 2.24) is 9.21 Å². The fraction of sp³-hybridized carbons (Fsp3) is 0.560. The molecule has 0 radical (unpaired) electrons. The molecular weight excluding hydrogens is 527 g/mol. The molecular formula is C25H30F3N3O4S2. The first-order valence-electron chi connectivity index (χ1n) is 12.2. The maximum Gasteiger partial charge on any atom is 0.421 e. The zero-order valence-corrected chi connectivity index (χ0v) is 22.1. The zero-order chi connectivity index (χ0) is 26.6. The number of alkyl halides is 3. The minimum absolute atomic E-state index is 0.158. The summed E-state index contributed by atoms with van der Waals surface area (Å²) in [6.07, 6.45) is 0.679. The number of rotatable bonds is 6. The number of likely N-dealkylation sites (tertiary alicyclic amines) is 1. The van der Waals surface area contributed by atoms with Crippen LogP contribution in [0.25, 0.3) is 0 Å². The number of hydrogen-bond donors (Lipinski definition) is 1. The monoisotopic (exact) mass is 557 g/mol. The number of sulfonamides is 1. The molecule has 12 heteroatoms. The molecule has 7 nitrogen and oxygen atoms in total. The molecule has 37 heavy (non-hydrogen) atoms. The number of thiocarbonyl (C=S) groups is 1. The first kappa shape index (κ1) is 26.8. The van der Waals surface area contributed by atoms with Gasteiger partial charge in [-0.2, -0.15) is 17.5 Å². The average Bonchev–Trinajstić information content (AvgIpc) is 2.79.